The first kappa shape index (κ1) is 13.3. The number of aromatic hydroxyl groups is 1. The number of aliphatic hydroxyl groups is 2. The molecule has 0 spiro atoms. The van der Waals surface area contributed by atoms with Crippen molar-refractivity contribution in [1.29, 1.82) is 0 Å². The van der Waals surface area contributed by atoms with Crippen molar-refractivity contribution in [3.05, 3.63) is 23.8 Å². The summed E-state index contributed by atoms with van der Waals surface area (Å²) in [6, 6.07) is 3.83. The van der Waals surface area contributed by atoms with Gasteiger partial charge in [0, 0.05) is 12.5 Å². The van der Waals surface area contributed by atoms with E-state index in [0.29, 0.717) is 5.75 Å². The standard InChI is InChI=1S/C11H14O6/c12-6-7(13)3-4-17-8-1-2-9(11(15)16)10(14)5-8/h1-2,5,7,12-14H,3-4,6H2,(H,15,16). The van der Waals surface area contributed by atoms with Gasteiger partial charge in [0.05, 0.1) is 19.3 Å². The number of hydrogen-bond donors (Lipinski definition) is 4. The molecule has 0 heterocycles. The molecule has 4 N–H and O–H groups in total. The number of benzene rings is 1. The van der Waals surface area contributed by atoms with E-state index in [-0.39, 0.29) is 30.9 Å². The third-order valence-electron chi connectivity index (χ3n) is 2.13. The van der Waals surface area contributed by atoms with Crippen LogP contribution in [0.5, 0.6) is 11.5 Å². The third-order valence-corrected chi connectivity index (χ3v) is 2.13. The quantitative estimate of drug-likeness (QED) is 0.568. The lowest BCUT2D eigenvalue weighted by molar-refractivity contribution is 0.0693. The van der Waals surface area contributed by atoms with Gasteiger partial charge in [-0.15, -0.1) is 0 Å². The Morgan fingerprint density at radius 1 is 1.41 bits per heavy atom. The number of carboxylic acid groups (broad SMARTS) is 1. The molecular weight excluding hydrogens is 228 g/mol. The maximum Gasteiger partial charge on any atom is 0.339 e. The molecule has 0 aliphatic heterocycles. The summed E-state index contributed by atoms with van der Waals surface area (Å²) >= 11 is 0. The van der Waals surface area contributed by atoms with Gasteiger partial charge in [0.1, 0.15) is 17.1 Å². The fourth-order valence-corrected chi connectivity index (χ4v) is 1.19. The molecule has 1 atom stereocenters. The number of aliphatic hydroxyl groups excluding tert-OH is 2. The average molecular weight is 242 g/mol. The summed E-state index contributed by atoms with van der Waals surface area (Å²) in [5.74, 6) is -1.29. The molecule has 0 aromatic heterocycles. The van der Waals surface area contributed by atoms with Crippen LogP contribution in [0.3, 0.4) is 0 Å². The van der Waals surface area contributed by atoms with E-state index in [1.54, 1.807) is 0 Å². The Hall–Kier alpha value is -1.79. The highest BCUT2D eigenvalue weighted by molar-refractivity contribution is 5.90. The summed E-state index contributed by atoms with van der Waals surface area (Å²) in [7, 11) is 0. The second kappa shape index (κ2) is 6.07. The first-order valence-corrected chi connectivity index (χ1v) is 5.02. The Kier molecular flexibility index (Phi) is 4.74. The van der Waals surface area contributed by atoms with E-state index in [1.165, 1.54) is 18.2 Å². The molecule has 6 nitrogen and oxygen atoms in total. The van der Waals surface area contributed by atoms with Crippen molar-refractivity contribution in [2.45, 2.75) is 12.5 Å². The lowest BCUT2D eigenvalue weighted by atomic mass is 10.2. The molecule has 1 aromatic rings. The zero-order valence-electron chi connectivity index (χ0n) is 9.04. The largest absolute Gasteiger partial charge is 0.507 e. The van der Waals surface area contributed by atoms with E-state index in [0.717, 1.165) is 0 Å². The molecule has 0 radical (unpaired) electrons. The minimum absolute atomic E-state index is 0.160. The van der Waals surface area contributed by atoms with Crippen LogP contribution in [-0.4, -0.2) is 45.7 Å². The van der Waals surface area contributed by atoms with Crippen molar-refractivity contribution in [3.8, 4) is 11.5 Å². The molecule has 0 aliphatic rings. The maximum absolute atomic E-state index is 10.6. The van der Waals surface area contributed by atoms with Crippen LogP contribution in [0, 0.1) is 0 Å². The lowest BCUT2D eigenvalue weighted by Gasteiger charge is -2.09. The summed E-state index contributed by atoms with van der Waals surface area (Å²) in [4.78, 5) is 10.6. The number of rotatable bonds is 6. The van der Waals surface area contributed by atoms with Crippen molar-refractivity contribution in [2.24, 2.45) is 0 Å². The van der Waals surface area contributed by atoms with Crippen LogP contribution in [0.1, 0.15) is 16.8 Å². The molecule has 0 aliphatic carbocycles. The Bertz CT molecular complexity index is 390. The summed E-state index contributed by atoms with van der Waals surface area (Å²) in [6.45, 7) is -0.180. The van der Waals surface area contributed by atoms with Crippen molar-refractivity contribution >= 4 is 5.97 Å². The molecule has 6 heteroatoms. The van der Waals surface area contributed by atoms with E-state index in [4.69, 9.17) is 20.1 Å². The molecule has 94 valence electrons. The van der Waals surface area contributed by atoms with Crippen LogP contribution in [0.25, 0.3) is 0 Å². The van der Waals surface area contributed by atoms with Crippen molar-refractivity contribution in [3.63, 3.8) is 0 Å². The zero-order chi connectivity index (χ0) is 12.8. The first-order chi connectivity index (χ1) is 8.04. The molecule has 1 unspecified atom stereocenters. The van der Waals surface area contributed by atoms with Crippen LogP contribution in [0.15, 0.2) is 18.2 Å². The van der Waals surface area contributed by atoms with Gasteiger partial charge in [0.2, 0.25) is 0 Å². The minimum atomic E-state index is -1.22. The molecule has 1 rings (SSSR count). The molecule has 0 bridgehead atoms. The molecule has 0 saturated heterocycles. The smallest absolute Gasteiger partial charge is 0.339 e. The number of carbonyl (C=O) groups is 1. The molecule has 17 heavy (non-hydrogen) atoms. The number of carboxylic acids is 1. The van der Waals surface area contributed by atoms with Gasteiger partial charge in [-0.25, -0.2) is 4.79 Å². The van der Waals surface area contributed by atoms with E-state index < -0.39 is 12.1 Å². The van der Waals surface area contributed by atoms with Gasteiger partial charge in [-0.3, -0.25) is 0 Å². The SMILES string of the molecule is O=C(O)c1ccc(OCCC(O)CO)cc1O. The van der Waals surface area contributed by atoms with Crippen molar-refractivity contribution in [1.82, 2.24) is 0 Å². The summed E-state index contributed by atoms with van der Waals surface area (Å²) in [6.07, 6.45) is -0.598. The molecular formula is C11H14O6. The van der Waals surface area contributed by atoms with Gasteiger partial charge in [-0.05, 0) is 12.1 Å². The fourth-order valence-electron chi connectivity index (χ4n) is 1.19. The van der Waals surface area contributed by atoms with Crippen molar-refractivity contribution < 1.29 is 30.0 Å². The van der Waals surface area contributed by atoms with Crippen LogP contribution < -0.4 is 4.74 Å². The summed E-state index contributed by atoms with van der Waals surface area (Å²) in [5, 5.41) is 35.7. The Balaban J connectivity index is 2.56. The predicted octanol–water partition coefficient (Wildman–Crippen LogP) is 0.212. The number of phenols is 1. The highest BCUT2D eigenvalue weighted by atomic mass is 16.5. The molecule has 0 fully saturated rings. The third kappa shape index (κ3) is 3.93. The predicted molar refractivity (Wildman–Crippen MR) is 58.3 cm³/mol. The lowest BCUT2D eigenvalue weighted by Crippen LogP contribution is -2.15. The fraction of sp³-hybridized carbons (Fsp3) is 0.364. The Labute approximate surface area is 97.7 Å². The first-order valence-electron chi connectivity index (χ1n) is 5.02. The van der Waals surface area contributed by atoms with E-state index in [9.17, 15) is 9.90 Å². The second-order valence-electron chi connectivity index (χ2n) is 3.46. The summed E-state index contributed by atoms with van der Waals surface area (Å²) < 4.78 is 5.17. The van der Waals surface area contributed by atoms with Crippen molar-refractivity contribution in [2.75, 3.05) is 13.2 Å². The van der Waals surface area contributed by atoms with Gasteiger partial charge >= 0.3 is 5.97 Å². The van der Waals surface area contributed by atoms with E-state index >= 15 is 0 Å². The van der Waals surface area contributed by atoms with Crippen LogP contribution in [0.2, 0.25) is 0 Å². The normalized spacial score (nSPS) is 12.1. The highest BCUT2D eigenvalue weighted by Crippen LogP contribution is 2.23. The minimum Gasteiger partial charge on any atom is -0.507 e. The molecule has 0 amide bonds. The van der Waals surface area contributed by atoms with E-state index in [2.05, 4.69) is 0 Å². The van der Waals surface area contributed by atoms with Gasteiger partial charge < -0.3 is 25.2 Å². The highest BCUT2D eigenvalue weighted by Gasteiger charge is 2.10. The Morgan fingerprint density at radius 3 is 2.65 bits per heavy atom. The topological polar surface area (TPSA) is 107 Å². The average Bonchev–Trinajstić information content (AvgIpc) is 2.28. The van der Waals surface area contributed by atoms with Crippen LogP contribution in [-0.2, 0) is 0 Å². The number of hydrogen-bond acceptors (Lipinski definition) is 5. The molecule has 0 saturated carbocycles. The van der Waals surface area contributed by atoms with Gasteiger partial charge in [-0.2, -0.15) is 0 Å². The number of aromatic carboxylic acids is 1. The summed E-state index contributed by atoms with van der Waals surface area (Å²) in [5.41, 5.74) is -0.201. The number of ether oxygens (including phenoxy) is 1. The Morgan fingerprint density at radius 2 is 2.12 bits per heavy atom. The maximum atomic E-state index is 10.6. The monoisotopic (exact) mass is 242 g/mol. The second-order valence-corrected chi connectivity index (χ2v) is 3.46. The van der Waals surface area contributed by atoms with Crippen LogP contribution >= 0.6 is 0 Å². The van der Waals surface area contributed by atoms with Gasteiger partial charge in [0.15, 0.2) is 0 Å². The zero-order valence-corrected chi connectivity index (χ0v) is 9.04. The van der Waals surface area contributed by atoms with Gasteiger partial charge in [0.25, 0.3) is 0 Å². The molecule has 1 aromatic carbocycles. The van der Waals surface area contributed by atoms with E-state index in [1.807, 2.05) is 0 Å². The van der Waals surface area contributed by atoms with Gasteiger partial charge in [-0.1, -0.05) is 0 Å². The van der Waals surface area contributed by atoms with Crippen LogP contribution in [0.4, 0.5) is 0 Å².